The van der Waals surface area contributed by atoms with Crippen molar-refractivity contribution >= 4 is 28.9 Å². The van der Waals surface area contributed by atoms with Gasteiger partial charge in [-0.05, 0) is 63.4 Å². The van der Waals surface area contributed by atoms with E-state index in [1.54, 1.807) is 0 Å². The second-order valence-electron chi connectivity index (χ2n) is 9.93. The first-order valence-electron chi connectivity index (χ1n) is 12.6. The molecule has 1 aromatic heterocycles. The lowest BCUT2D eigenvalue weighted by Crippen LogP contribution is -2.47. The molecular formula is C27H39NO5S. The van der Waals surface area contributed by atoms with E-state index in [-0.39, 0.29) is 36.5 Å². The zero-order valence-corrected chi connectivity index (χ0v) is 21.8. The van der Waals surface area contributed by atoms with E-state index in [2.05, 4.69) is 18.8 Å². The third kappa shape index (κ3) is 6.84. The Balaban J connectivity index is 1.94. The molecule has 0 radical (unpaired) electrons. The Labute approximate surface area is 208 Å². The summed E-state index contributed by atoms with van der Waals surface area (Å²) in [5.74, 6) is 6.89. The van der Waals surface area contributed by atoms with Gasteiger partial charge in [-0.2, -0.15) is 0 Å². The molecule has 0 saturated heterocycles. The topological polar surface area (TPSA) is 76.1 Å². The van der Waals surface area contributed by atoms with Crippen LogP contribution in [0.2, 0.25) is 0 Å². The summed E-state index contributed by atoms with van der Waals surface area (Å²) in [6.07, 6.45) is 7.26. The van der Waals surface area contributed by atoms with Gasteiger partial charge in [-0.25, -0.2) is 4.79 Å². The van der Waals surface area contributed by atoms with Gasteiger partial charge in [0.15, 0.2) is 0 Å². The summed E-state index contributed by atoms with van der Waals surface area (Å²) in [5, 5.41) is 9.08. The predicted octanol–water partition coefficient (Wildman–Crippen LogP) is 5.02. The molecule has 2 saturated carbocycles. The van der Waals surface area contributed by atoms with Crippen molar-refractivity contribution < 1.29 is 24.2 Å². The highest BCUT2D eigenvalue weighted by Gasteiger charge is 2.37. The monoisotopic (exact) mass is 489 g/mol. The third-order valence-electron chi connectivity index (χ3n) is 6.88. The number of anilines is 1. The van der Waals surface area contributed by atoms with E-state index >= 15 is 0 Å². The molecule has 0 unspecified atom stereocenters. The molecule has 2 aliphatic carbocycles. The summed E-state index contributed by atoms with van der Waals surface area (Å²) < 4.78 is 10.8. The molecule has 2 fully saturated rings. The number of hydrogen-bond donors (Lipinski definition) is 1. The Kier molecular flexibility index (Phi) is 9.99. The maximum Gasteiger partial charge on any atom is 0.350 e. The van der Waals surface area contributed by atoms with Crippen LogP contribution in [0.3, 0.4) is 0 Å². The van der Waals surface area contributed by atoms with Crippen LogP contribution in [0.1, 0.15) is 86.7 Å². The van der Waals surface area contributed by atoms with Crippen LogP contribution in [0, 0.1) is 29.6 Å². The SMILES string of the molecule is COC(=O)c1sc(C#CC(C)C)cc1N(C(=O)C1CCC(C)CC1)[C@H]1CC[C@@H](OCCO)CC1. The fraction of sp³-hybridized carbons (Fsp3) is 0.704. The van der Waals surface area contributed by atoms with Crippen molar-refractivity contribution in [3.8, 4) is 11.8 Å². The predicted molar refractivity (Wildman–Crippen MR) is 135 cm³/mol. The molecule has 1 heterocycles. The van der Waals surface area contributed by atoms with Gasteiger partial charge in [0.2, 0.25) is 5.91 Å². The Bertz CT molecular complexity index is 883. The molecule has 0 spiro atoms. The van der Waals surface area contributed by atoms with Crippen LogP contribution in [-0.2, 0) is 14.3 Å². The molecule has 34 heavy (non-hydrogen) atoms. The number of methoxy groups -OCH3 is 1. The number of esters is 1. The highest BCUT2D eigenvalue weighted by molar-refractivity contribution is 7.15. The lowest BCUT2D eigenvalue weighted by Gasteiger charge is -2.39. The summed E-state index contributed by atoms with van der Waals surface area (Å²) in [5.41, 5.74) is 0.647. The van der Waals surface area contributed by atoms with E-state index in [9.17, 15) is 9.59 Å². The number of thiophene rings is 1. The van der Waals surface area contributed by atoms with Gasteiger partial charge in [-0.3, -0.25) is 4.79 Å². The number of carbonyl (C=O) groups excluding carboxylic acids is 2. The zero-order valence-electron chi connectivity index (χ0n) is 21.0. The molecule has 1 N–H and O–H groups in total. The minimum atomic E-state index is -0.423. The fourth-order valence-electron chi connectivity index (χ4n) is 4.96. The van der Waals surface area contributed by atoms with Crippen molar-refractivity contribution in [1.82, 2.24) is 0 Å². The van der Waals surface area contributed by atoms with Crippen LogP contribution in [0.4, 0.5) is 5.69 Å². The second kappa shape index (κ2) is 12.7. The van der Waals surface area contributed by atoms with Crippen LogP contribution >= 0.6 is 11.3 Å². The van der Waals surface area contributed by atoms with Gasteiger partial charge in [-0.1, -0.05) is 32.6 Å². The fourth-order valence-corrected chi connectivity index (χ4v) is 5.89. The van der Waals surface area contributed by atoms with Gasteiger partial charge in [-0.15, -0.1) is 11.3 Å². The second-order valence-corrected chi connectivity index (χ2v) is 11.0. The number of nitrogens with zero attached hydrogens (tertiary/aromatic N) is 1. The maximum absolute atomic E-state index is 14.0. The van der Waals surface area contributed by atoms with Crippen LogP contribution in [-0.4, -0.2) is 49.5 Å². The van der Waals surface area contributed by atoms with Crippen molar-refractivity contribution in [1.29, 1.82) is 0 Å². The average Bonchev–Trinajstić information content (AvgIpc) is 3.26. The molecular weight excluding hydrogens is 450 g/mol. The minimum absolute atomic E-state index is 0.00439. The third-order valence-corrected chi connectivity index (χ3v) is 7.90. The van der Waals surface area contributed by atoms with Gasteiger partial charge in [0.25, 0.3) is 0 Å². The number of rotatable bonds is 7. The van der Waals surface area contributed by atoms with Crippen LogP contribution in [0.5, 0.6) is 0 Å². The molecule has 0 atom stereocenters. The van der Waals surface area contributed by atoms with E-state index in [0.717, 1.165) is 56.2 Å². The summed E-state index contributed by atoms with van der Waals surface area (Å²) >= 11 is 1.31. The van der Waals surface area contributed by atoms with E-state index < -0.39 is 5.97 Å². The summed E-state index contributed by atoms with van der Waals surface area (Å²) in [6, 6.07) is 1.91. The molecule has 0 aliphatic heterocycles. The first-order chi connectivity index (χ1) is 16.3. The Morgan fingerprint density at radius 2 is 1.82 bits per heavy atom. The van der Waals surface area contributed by atoms with Crippen molar-refractivity contribution in [3.63, 3.8) is 0 Å². The van der Waals surface area contributed by atoms with Gasteiger partial charge in [0.05, 0.1) is 37.0 Å². The number of aliphatic hydroxyl groups is 1. The number of aliphatic hydroxyl groups excluding tert-OH is 1. The average molecular weight is 490 g/mol. The van der Waals surface area contributed by atoms with Gasteiger partial charge in [0, 0.05) is 17.9 Å². The molecule has 1 aromatic rings. The van der Waals surface area contributed by atoms with Crippen LogP contribution in [0.15, 0.2) is 6.07 Å². The number of ether oxygens (including phenoxy) is 2. The number of amides is 1. The highest BCUT2D eigenvalue weighted by Crippen LogP contribution is 2.39. The van der Waals surface area contributed by atoms with Gasteiger partial charge in [0.1, 0.15) is 4.88 Å². The minimum Gasteiger partial charge on any atom is -0.465 e. The molecule has 1 amide bonds. The number of hydrogen-bond acceptors (Lipinski definition) is 6. The van der Waals surface area contributed by atoms with Crippen LogP contribution in [0.25, 0.3) is 0 Å². The smallest absolute Gasteiger partial charge is 0.350 e. The number of carbonyl (C=O) groups is 2. The van der Waals surface area contributed by atoms with E-state index in [4.69, 9.17) is 14.6 Å². The van der Waals surface area contributed by atoms with Crippen molar-refractivity contribution in [2.75, 3.05) is 25.2 Å². The van der Waals surface area contributed by atoms with Gasteiger partial charge >= 0.3 is 5.97 Å². The summed E-state index contributed by atoms with van der Waals surface area (Å²) in [7, 11) is 1.38. The largest absolute Gasteiger partial charge is 0.465 e. The standard InChI is InChI=1S/C27H39NO5S/c1-18(2)5-14-23-17-24(25(34-23)27(31)32-4)28(26(30)20-8-6-19(3)7-9-20)21-10-12-22(13-11-21)33-16-15-29/h17-22,29H,6-13,15-16H2,1-4H3/t19?,20?,21-,22+. The molecule has 6 nitrogen and oxygen atoms in total. The molecule has 3 rings (SSSR count). The van der Waals surface area contributed by atoms with E-state index in [0.29, 0.717) is 23.1 Å². The van der Waals surface area contributed by atoms with Gasteiger partial charge < -0.3 is 19.5 Å². The molecule has 2 aliphatic rings. The summed E-state index contributed by atoms with van der Waals surface area (Å²) in [4.78, 5) is 29.9. The lowest BCUT2D eigenvalue weighted by molar-refractivity contribution is -0.124. The highest BCUT2D eigenvalue weighted by atomic mass is 32.1. The molecule has 0 aromatic carbocycles. The van der Waals surface area contributed by atoms with Crippen molar-refractivity contribution in [2.24, 2.45) is 17.8 Å². The zero-order chi connectivity index (χ0) is 24.7. The first-order valence-corrected chi connectivity index (χ1v) is 13.4. The Morgan fingerprint density at radius 1 is 1.15 bits per heavy atom. The Morgan fingerprint density at radius 3 is 2.41 bits per heavy atom. The van der Waals surface area contributed by atoms with Crippen molar-refractivity contribution in [2.45, 2.75) is 84.3 Å². The molecule has 7 heteroatoms. The first kappa shape index (κ1) is 26.7. The molecule has 188 valence electrons. The summed E-state index contributed by atoms with van der Waals surface area (Å²) in [6.45, 7) is 6.66. The maximum atomic E-state index is 14.0. The lowest BCUT2D eigenvalue weighted by atomic mass is 9.81. The molecule has 0 bridgehead atoms. The Hall–Kier alpha value is -1.88. The van der Waals surface area contributed by atoms with E-state index in [1.165, 1.54) is 18.4 Å². The van der Waals surface area contributed by atoms with Crippen LogP contribution < -0.4 is 4.90 Å². The quantitative estimate of drug-likeness (QED) is 0.430. The normalized spacial score (nSPS) is 24.9. The van der Waals surface area contributed by atoms with E-state index in [1.807, 2.05) is 24.8 Å². The van der Waals surface area contributed by atoms with Crippen molar-refractivity contribution in [3.05, 3.63) is 15.8 Å².